The minimum Gasteiger partial charge on any atom is -0.508 e. The van der Waals surface area contributed by atoms with Crippen LogP contribution in [0, 0.1) is 0 Å². The number of aromatic hydroxyl groups is 3. The van der Waals surface area contributed by atoms with Crippen LogP contribution >= 0.6 is 0 Å². The van der Waals surface area contributed by atoms with Crippen LogP contribution in [0.4, 0.5) is 0 Å². The molecule has 0 saturated heterocycles. The van der Waals surface area contributed by atoms with Gasteiger partial charge in [-0.15, -0.1) is 0 Å². The van der Waals surface area contributed by atoms with Crippen molar-refractivity contribution < 1.29 is 29.9 Å². The predicted octanol–water partition coefficient (Wildman–Crippen LogP) is 8.68. The standard InChI is InChI=1S/C21H28O4.C17H20O2/c1-2-3-4-5-17-6-8-18(9-7-17)19-14-20(23)16-21(15-19)25-13-12-24-11-10-22;1-2-3-4-5-13-6-8-14(9-7-13)15-10-16(18)12-17(19)11-15/h6-9,14-16,22-23H,2-5,10-13H2,1H3;6-12,18-19H,2-5H2,1H3. The molecule has 0 radical (unpaired) electrons. The van der Waals surface area contributed by atoms with Crippen LogP contribution in [-0.2, 0) is 17.6 Å². The lowest BCUT2D eigenvalue weighted by atomic mass is 10.0. The van der Waals surface area contributed by atoms with Gasteiger partial charge in [0, 0.05) is 12.1 Å². The molecule has 44 heavy (non-hydrogen) atoms. The molecule has 6 heteroatoms. The van der Waals surface area contributed by atoms with Gasteiger partial charge in [-0.3, -0.25) is 0 Å². The second-order valence-electron chi connectivity index (χ2n) is 10.9. The number of unbranched alkanes of at least 4 members (excludes halogenated alkanes) is 4. The summed E-state index contributed by atoms with van der Waals surface area (Å²) >= 11 is 0. The maximum Gasteiger partial charge on any atom is 0.123 e. The molecule has 0 heterocycles. The van der Waals surface area contributed by atoms with Gasteiger partial charge in [0.05, 0.1) is 19.8 Å². The van der Waals surface area contributed by atoms with E-state index in [0.717, 1.165) is 35.1 Å². The number of aliphatic hydroxyl groups is 1. The van der Waals surface area contributed by atoms with E-state index in [-0.39, 0.29) is 23.9 Å². The number of ether oxygens (including phenoxy) is 2. The molecule has 0 aliphatic heterocycles. The lowest BCUT2D eigenvalue weighted by Gasteiger charge is -2.10. The van der Waals surface area contributed by atoms with Gasteiger partial charge >= 0.3 is 0 Å². The summed E-state index contributed by atoms with van der Waals surface area (Å²) in [7, 11) is 0. The average molecular weight is 601 g/mol. The summed E-state index contributed by atoms with van der Waals surface area (Å²) in [5.74, 6) is 0.953. The molecule has 0 spiro atoms. The van der Waals surface area contributed by atoms with Crippen LogP contribution < -0.4 is 4.74 Å². The van der Waals surface area contributed by atoms with Gasteiger partial charge in [0.1, 0.15) is 29.6 Å². The number of aliphatic hydroxyl groups excluding tert-OH is 1. The Hall–Kier alpha value is -4.00. The van der Waals surface area contributed by atoms with Crippen molar-refractivity contribution in [3.63, 3.8) is 0 Å². The van der Waals surface area contributed by atoms with E-state index in [1.165, 1.54) is 55.7 Å². The summed E-state index contributed by atoms with van der Waals surface area (Å²) in [5, 5.41) is 37.6. The van der Waals surface area contributed by atoms with Crippen molar-refractivity contribution in [2.75, 3.05) is 26.4 Å². The fourth-order valence-electron chi connectivity index (χ4n) is 4.87. The maximum absolute atomic E-state index is 9.95. The minimum absolute atomic E-state index is 0.00468. The van der Waals surface area contributed by atoms with E-state index in [2.05, 4.69) is 50.2 Å². The summed E-state index contributed by atoms with van der Waals surface area (Å²) in [5.41, 5.74) is 6.49. The van der Waals surface area contributed by atoms with Crippen molar-refractivity contribution in [1.29, 1.82) is 0 Å². The fourth-order valence-corrected chi connectivity index (χ4v) is 4.87. The molecule has 4 N–H and O–H groups in total. The third kappa shape index (κ3) is 12.3. The van der Waals surface area contributed by atoms with Gasteiger partial charge in [-0.2, -0.15) is 0 Å². The highest BCUT2D eigenvalue weighted by Gasteiger charge is 2.05. The Kier molecular flexibility index (Phi) is 15.1. The van der Waals surface area contributed by atoms with Gasteiger partial charge in [-0.05, 0) is 83.3 Å². The predicted molar refractivity (Wildman–Crippen MR) is 179 cm³/mol. The first-order chi connectivity index (χ1) is 21.4. The molecule has 0 aromatic heterocycles. The van der Waals surface area contributed by atoms with Crippen LogP contribution in [-0.4, -0.2) is 46.9 Å². The van der Waals surface area contributed by atoms with Gasteiger partial charge in [0.2, 0.25) is 0 Å². The number of hydrogen-bond donors (Lipinski definition) is 4. The SMILES string of the molecule is CCCCCc1ccc(-c2cc(O)cc(O)c2)cc1.CCCCCc1ccc(-c2cc(O)cc(OCCOCCO)c2)cc1. The summed E-state index contributed by atoms with van der Waals surface area (Å²) < 4.78 is 10.8. The molecule has 0 atom stereocenters. The van der Waals surface area contributed by atoms with Crippen LogP contribution in [0.25, 0.3) is 22.3 Å². The molecule has 4 rings (SSSR count). The molecule has 236 valence electrons. The molecule has 4 aromatic carbocycles. The Bertz CT molecular complexity index is 1350. The Morgan fingerprint density at radius 1 is 0.500 bits per heavy atom. The van der Waals surface area contributed by atoms with Crippen molar-refractivity contribution in [3.8, 4) is 45.3 Å². The number of rotatable bonds is 16. The Balaban J connectivity index is 0.000000249. The monoisotopic (exact) mass is 600 g/mol. The molecule has 0 unspecified atom stereocenters. The normalized spacial score (nSPS) is 10.7. The van der Waals surface area contributed by atoms with E-state index >= 15 is 0 Å². The van der Waals surface area contributed by atoms with E-state index in [4.69, 9.17) is 14.6 Å². The average Bonchev–Trinajstić information content (AvgIpc) is 3.01. The zero-order valence-electron chi connectivity index (χ0n) is 26.2. The molecule has 0 bridgehead atoms. The first-order valence-corrected chi connectivity index (χ1v) is 15.8. The Morgan fingerprint density at radius 3 is 1.45 bits per heavy atom. The van der Waals surface area contributed by atoms with Crippen molar-refractivity contribution in [1.82, 2.24) is 0 Å². The van der Waals surface area contributed by atoms with Crippen LogP contribution in [0.2, 0.25) is 0 Å². The third-order valence-electron chi connectivity index (χ3n) is 7.24. The van der Waals surface area contributed by atoms with Crippen molar-refractivity contribution in [2.45, 2.75) is 65.2 Å². The van der Waals surface area contributed by atoms with Crippen molar-refractivity contribution in [3.05, 3.63) is 96.1 Å². The first kappa shape index (κ1) is 34.5. The van der Waals surface area contributed by atoms with Crippen LogP contribution in [0.3, 0.4) is 0 Å². The lowest BCUT2D eigenvalue weighted by Crippen LogP contribution is -2.09. The summed E-state index contributed by atoms with van der Waals surface area (Å²) in [4.78, 5) is 0. The molecular weight excluding hydrogens is 552 g/mol. The Morgan fingerprint density at radius 2 is 0.977 bits per heavy atom. The molecule has 0 amide bonds. The third-order valence-corrected chi connectivity index (χ3v) is 7.24. The van der Waals surface area contributed by atoms with Crippen molar-refractivity contribution in [2.24, 2.45) is 0 Å². The molecule has 0 fully saturated rings. The quantitative estimate of drug-likeness (QED) is 0.0961. The van der Waals surface area contributed by atoms with Crippen molar-refractivity contribution >= 4 is 0 Å². The molecule has 0 aliphatic carbocycles. The largest absolute Gasteiger partial charge is 0.508 e. The smallest absolute Gasteiger partial charge is 0.123 e. The molecule has 0 saturated carbocycles. The number of aryl methyl sites for hydroxylation is 2. The highest BCUT2D eigenvalue weighted by atomic mass is 16.5. The number of hydrogen-bond acceptors (Lipinski definition) is 6. The maximum atomic E-state index is 9.95. The van der Waals surface area contributed by atoms with E-state index < -0.39 is 0 Å². The fraction of sp³-hybridized carbons (Fsp3) is 0.368. The van der Waals surface area contributed by atoms with Crippen LogP contribution in [0.15, 0.2) is 84.9 Å². The lowest BCUT2D eigenvalue weighted by molar-refractivity contribution is 0.0705. The zero-order valence-corrected chi connectivity index (χ0v) is 26.2. The summed E-state index contributed by atoms with van der Waals surface area (Å²) in [6.45, 7) is 5.50. The zero-order chi connectivity index (χ0) is 31.6. The van der Waals surface area contributed by atoms with E-state index in [0.29, 0.717) is 25.6 Å². The van der Waals surface area contributed by atoms with E-state index in [9.17, 15) is 15.3 Å². The minimum atomic E-state index is 0.00468. The summed E-state index contributed by atoms with van der Waals surface area (Å²) in [6.07, 6.45) is 9.66. The highest BCUT2D eigenvalue weighted by molar-refractivity contribution is 5.68. The molecular formula is C38H48O6. The van der Waals surface area contributed by atoms with Gasteiger partial charge in [0.15, 0.2) is 0 Å². The number of phenols is 3. The Labute approximate surface area is 262 Å². The van der Waals surface area contributed by atoms with Gasteiger partial charge < -0.3 is 29.9 Å². The second-order valence-corrected chi connectivity index (χ2v) is 10.9. The summed E-state index contributed by atoms with van der Waals surface area (Å²) in [6, 6.07) is 26.7. The van der Waals surface area contributed by atoms with Crippen LogP contribution in [0.1, 0.15) is 63.5 Å². The number of benzene rings is 4. The first-order valence-electron chi connectivity index (χ1n) is 15.8. The molecule has 0 aliphatic rings. The number of phenolic OH excluding ortho intramolecular Hbond substituents is 3. The van der Waals surface area contributed by atoms with Gasteiger partial charge in [0.25, 0.3) is 0 Å². The molecule has 6 nitrogen and oxygen atoms in total. The van der Waals surface area contributed by atoms with Gasteiger partial charge in [-0.1, -0.05) is 88.1 Å². The second kappa shape index (κ2) is 19.3. The molecule has 4 aromatic rings. The van der Waals surface area contributed by atoms with E-state index in [1.54, 1.807) is 24.3 Å². The highest BCUT2D eigenvalue weighted by Crippen LogP contribution is 2.30. The van der Waals surface area contributed by atoms with E-state index in [1.807, 2.05) is 18.2 Å². The van der Waals surface area contributed by atoms with Crippen LogP contribution in [0.5, 0.6) is 23.0 Å². The van der Waals surface area contributed by atoms with Gasteiger partial charge in [-0.25, -0.2) is 0 Å². The topological polar surface area (TPSA) is 99.4 Å².